The van der Waals surface area contributed by atoms with Crippen molar-refractivity contribution in [2.75, 3.05) is 13.2 Å². The van der Waals surface area contributed by atoms with Crippen molar-refractivity contribution in [3.05, 3.63) is 60.2 Å². The summed E-state index contributed by atoms with van der Waals surface area (Å²) in [5.74, 6) is -4.75. The maximum absolute atomic E-state index is 13.0. The molecule has 214 valence electrons. The molecule has 2 aliphatic rings. The van der Waals surface area contributed by atoms with Crippen LogP contribution in [0.1, 0.15) is 35.2 Å². The summed E-state index contributed by atoms with van der Waals surface area (Å²) in [5, 5.41) is 14.2. The lowest BCUT2D eigenvalue weighted by Crippen LogP contribution is -2.42. The van der Waals surface area contributed by atoms with Crippen molar-refractivity contribution in [1.82, 2.24) is 14.9 Å². The molecule has 15 heteroatoms. The van der Waals surface area contributed by atoms with Gasteiger partial charge in [0.15, 0.2) is 0 Å². The van der Waals surface area contributed by atoms with Crippen LogP contribution in [0.5, 0.6) is 0 Å². The quantitative estimate of drug-likeness (QED) is 0.503. The first-order chi connectivity index (χ1) is 18.2. The molecule has 2 atom stereocenters. The number of carboxylic acid groups (broad SMARTS) is 2. The number of aromatic nitrogens is 2. The molecule has 1 aliphatic carbocycles. The van der Waals surface area contributed by atoms with E-state index in [1.165, 1.54) is 12.8 Å². The molecule has 9 nitrogen and oxygen atoms in total. The number of hydrogen-bond donors (Lipinski definition) is 2. The van der Waals surface area contributed by atoms with E-state index in [2.05, 4.69) is 16.0 Å². The average molecular weight is 565 g/mol. The minimum Gasteiger partial charge on any atom is -0.475 e. The number of ether oxygens (including phenoxy) is 1. The fourth-order valence-corrected chi connectivity index (χ4v) is 3.47. The van der Waals surface area contributed by atoms with Crippen molar-refractivity contribution < 1.29 is 55.7 Å². The van der Waals surface area contributed by atoms with Gasteiger partial charge in [-0.1, -0.05) is 6.07 Å². The van der Waals surface area contributed by atoms with Gasteiger partial charge < -0.3 is 19.8 Å². The van der Waals surface area contributed by atoms with Crippen molar-refractivity contribution in [1.29, 1.82) is 0 Å². The van der Waals surface area contributed by atoms with Gasteiger partial charge in [0.2, 0.25) is 0 Å². The van der Waals surface area contributed by atoms with Crippen LogP contribution in [-0.4, -0.2) is 80.6 Å². The first-order valence-electron chi connectivity index (χ1n) is 11.5. The van der Waals surface area contributed by atoms with E-state index < -0.39 is 24.3 Å². The molecule has 0 radical (unpaired) electrons. The van der Waals surface area contributed by atoms with E-state index in [-0.39, 0.29) is 18.1 Å². The van der Waals surface area contributed by atoms with Gasteiger partial charge in [-0.15, -0.1) is 0 Å². The number of aliphatic carboxylic acids is 2. The summed E-state index contributed by atoms with van der Waals surface area (Å²) in [6.45, 7) is 1.55. The van der Waals surface area contributed by atoms with Gasteiger partial charge in [0.25, 0.3) is 5.91 Å². The van der Waals surface area contributed by atoms with Crippen molar-refractivity contribution in [2.24, 2.45) is 5.92 Å². The van der Waals surface area contributed by atoms with Crippen molar-refractivity contribution in [3.63, 3.8) is 0 Å². The van der Waals surface area contributed by atoms with Gasteiger partial charge in [0.1, 0.15) is 0 Å². The molecule has 0 bridgehead atoms. The zero-order chi connectivity index (χ0) is 29.2. The number of rotatable bonds is 6. The zero-order valence-electron chi connectivity index (χ0n) is 20.2. The third kappa shape index (κ3) is 10.9. The van der Waals surface area contributed by atoms with E-state index in [1.807, 2.05) is 23.2 Å². The predicted molar refractivity (Wildman–Crippen MR) is 121 cm³/mol. The molecule has 3 heterocycles. The lowest BCUT2D eigenvalue weighted by atomic mass is 10.0. The number of alkyl halides is 6. The summed E-state index contributed by atoms with van der Waals surface area (Å²) in [7, 11) is 0. The summed E-state index contributed by atoms with van der Waals surface area (Å²) in [6, 6.07) is 7.69. The van der Waals surface area contributed by atoms with E-state index in [0.717, 1.165) is 37.5 Å². The number of amides is 1. The van der Waals surface area contributed by atoms with Crippen LogP contribution >= 0.6 is 0 Å². The molecule has 1 amide bonds. The summed E-state index contributed by atoms with van der Waals surface area (Å²) in [6.07, 6.45) is 1.13. The van der Waals surface area contributed by atoms with E-state index in [4.69, 9.17) is 24.5 Å². The number of pyridine rings is 2. The topological polar surface area (TPSA) is 130 Å². The van der Waals surface area contributed by atoms with Crippen LogP contribution in [0, 0.1) is 5.92 Å². The van der Waals surface area contributed by atoms with Gasteiger partial charge in [0, 0.05) is 37.9 Å². The second-order valence-electron chi connectivity index (χ2n) is 8.58. The Kier molecular flexibility index (Phi) is 11.2. The second-order valence-corrected chi connectivity index (χ2v) is 8.58. The first kappa shape index (κ1) is 31.5. The summed E-state index contributed by atoms with van der Waals surface area (Å²) in [5.41, 5.74) is 1.78. The maximum Gasteiger partial charge on any atom is 0.490 e. The van der Waals surface area contributed by atoms with Crippen LogP contribution in [0.25, 0.3) is 0 Å². The van der Waals surface area contributed by atoms with Crippen molar-refractivity contribution in [2.45, 2.75) is 50.2 Å². The van der Waals surface area contributed by atoms with Gasteiger partial charge >= 0.3 is 24.3 Å². The molecule has 0 aromatic carbocycles. The molecular formula is C24H25F6N3O6. The molecule has 1 saturated carbocycles. The van der Waals surface area contributed by atoms with E-state index in [9.17, 15) is 31.1 Å². The predicted octanol–water partition coefficient (Wildman–Crippen LogP) is 4.00. The Morgan fingerprint density at radius 2 is 1.44 bits per heavy atom. The molecule has 1 aliphatic heterocycles. The molecule has 0 spiro atoms. The van der Waals surface area contributed by atoms with Gasteiger partial charge in [-0.25, -0.2) is 9.59 Å². The highest BCUT2D eigenvalue weighted by molar-refractivity contribution is 5.94. The minimum absolute atomic E-state index is 0.0412. The number of likely N-dealkylation sites (tertiary alicyclic amines) is 1. The molecule has 0 unspecified atom stereocenters. The summed E-state index contributed by atoms with van der Waals surface area (Å²) in [4.78, 5) is 41.0. The second kappa shape index (κ2) is 13.9. The van der Waals surface area contributed by atoms with Crippen molar-refractivity contribution in [3.8, 4) is 0 Å². The minimum atomic E-state index is -5.08. The third-order valence-corrected chi connectivity index (χ3v) is 5.55. The summed E-state index contributed by atoms with van der Waals surface area (Å²) < 4.78 is 69.7. The Balaban J connectivity index is 0.000000317. The Bertz CT molecular complexity index is 1060. The fourth-order valence-electron chi connectivity index (χ4n) is 3.47. The largest absolute Gasteiger partial charge is 0.490 e. The maximum atomic E-state index is 13.0. The molecule has 2 N–H and O–H groups in total. The molecule has 2 aromatic rings. The van der Waals surface area contributed by atoms with Crippen LogP contribution in [0.3, 0.4) is 0 Å². The number of halogens is 6. The van der Waals surface area contributed by atoms with Gasteiger partial charge in [0.05, 0.1) is 17.7 Å². The van der Waals surface area contributed by atoms with Crippen molar-refractivity contribution >= 4 is 17.8 Å². The highest BCUT2D eigenvalue weighted by atomic mass is 19.4. The smallest absolute Gasteiger partial charge is 0.475 e. The van der Waals surface area contributed by atoms with E-state index in [1.54, 1.807) is 24.7 Å². The van der Waals surface area contributed by atoms with Crippen LogP contribution in [0.2, 0.25) is 0 Å². The Morgan fingerprint density at radius 1 is 0.897 bits per heavy atom. The van der Waals surface area contributed by atoms with Crippen LogP contribution in [0.4, 0.5) is 26.3 Å². The molecule has 4 rings (SSSR count). The monoisotopic (exact) mass is 565 g/mol. The van der Waals surface area contributed by atoms with Crippen LogP contribution in [-0.2, 0) is 20.7 Å². The highest BCUT2D eigenvalue weighted by Gasteiger charge is 2.40. The lowest BCUT2D eigenvalue weighted by molar-refractivity contribution is -0.193. The normalized spacial score (nSPS) is 18.8. The molecular weight excluding hydrogens is 540 g/mol. The Hall–Kier alpha value is -3.75. The van der Waals surface area contributed by atoms with Crippen LogP contribution < -0.4 is 0 Å². The van der Waals surface area contributed by atoms with Gasteiger partial charge in [-0.05, 0) is 55.4 Å². The molecule has 2 fully saturated rings. The number of hydrogen-bond acceptors (Lipinski definition) is 6. The Labute approximate surface area is 218 Å². The number of carbonyl (C=O) groups is 3. The van der Waals surface area contributed by atoms with E-state index in [0.29, 0.717) is 5.56 Å². The summed E-state index contributed by atoms with van der Waals surface area (Å²) >= 11 is 0. The highest BCUT2D eigenvalue weighted by Crippen LogP contribution is 2.32. The number of carbonyl (C=O) groups excluding carboxylic acids is 1. The van der Waals surface area contributed by atoms with Gasteiger partial charge in [-0.3, -0.25) is 14.8 Å². The third-order valence-electron chi connectivity index (χ3n) is 5.55. The molecule has 39 heavy (non-hydrogen) atoms. The fraction of sp³-hybridized carbons (Fsp3) is 0.458. The van der Waals surface area contributed by atoms with E-state index >= 15 is 0 Å². The van der Waals surface area contributed by atoms with Crippen LogP contribution in [0.15, 0.2) is 49.1 Å². The number of carboxylic acids is 2. The lowest BCUT2D eigenvalue weighted by Gasteiger charge is -2.28. The SMILES string of the molecule is O=C(O)C(F)(F)F.O=C(O)C(F)(F)F.O=C(c1cccnc1)N1CC[C@H](OCC2CC2)[C@@H]1Cc1cccnc1. The first-order valence-corrected chi connectivity index (χ1v) is 11.5. The number of nitrogens with zero attached hydrogens (tertiary/aromatic N) is 3. The standard InChI is InChI=1S/C20H23N3O2.2C2HF3O2/c24-20(17-4-2-9-22-13-17)23-10-7-19(25-14-15-5-6-15)18(23)11-16-3-1-8-21-12-16;2*3-2(4,5)1(6)7/h1-4,8-9,12-13,15,18-19H,5-7,10-11,14H2;2*(H,6,7)/t18-,19-;;/m0../s1. The zero-order valence-corrected chi connectivity index (χ0v) is 20.2. The van der Waals surface area contributed by atoms with Gasteiger partial charge in [-0.2, -0.15) is 26.3 Å². The molecule has 2 aromatic heterocycles. The Morgan fingerprint density at radius 3 is 1.87 bits per heavy atom. The molecule has 1 saturated heterocycles. The average Bonchev–Trinajstić information content (AvgIpc) is 3.63.